The quantitative estimate of drug-likeness (QED) is 0.814. The highest BCUT2D eigenvalue weighted by Crippen LogP contribution is 2.17. The molecule has 1 heterocycles. The summed E-state index contributed by atoms with van der Waals surface area (Å²) < 4.78 is 5.34. The summed E-state index contributed by atoms with van der Waals surface area (Å²) in [6.07, 6.45) is 0. The summed E-state index contributed by atoms with van der Waals surface area (Å²) >= 11 is 0. The molecule has 21 heavy (non-hydrogen) atoms. The van der Waals surface area contributed by atoms with Gasteiger partial charge in [-0.25, -0.2) is 4.79 Å². The van der Waals surface area contributed by atoms with Crippen LogP contribution in [0.4, 0.5) is 0 Å². The van der Waals surface area contributed by atoms with Gasteiger partial charge in [-0.2, -0.15) is 0 Å². The van der Waals surface area contributed by atoms with Crippen molar-refractivity contribution < 1.29 is 23.9 Å². The number of carboxylic acid groups (broad SMARTS) is 1. The van der Waals surface area contributed by atoms with Gasteiger partial charge in [0.25, 0.3) is 5.91 Å². The van der Waals surface area contributed by atoms with E-state index in [1.807, 2.05) is 0 Å². The molecular weight excluding hydrogens is 276 g/mol. The zero-order valence-electron chi connectivity index (χ0n) is 12.6. The molecule has 1 aromatic rings. The Morgan fingerprint density at radius 1 is 1.38 bits per heavy atom. The maximum absolute atomic E-state index is 12.5. The first-order valence-corrected chi connectivity index (χ1v) is 6.59. The van der Waals surface area contributed by atoms with Crippen molar-refractivity contribution in [3.8, 4) is 0 Å². The standard InChI is InChI=1S/C14H20N2O5/c1-8-7-9(2)21-12(8)13(18)16(10(3)14(19)20)6-5-15-11(4)17/h7,10H,5-6H2,1-4H3,(H,15,17)(H,19,20). The van der Waals surface area contributed by atoms with E-state index in [0.29, 0.717) is 11.3 Å². The van der Waals surface area contributed by atoms with Crippen LogP contribution in [0.5, 0.6) is 0 Å². The first kappa shape index (κ1) is 16.7. The average molecular weight is 296 g/mol. The molecule has 0 saturated heterocycles. The molecule has 0 spiro atoms. The third kappa shape index (κ3) is 4.34. The maximum atomic E-state index is 12.5. The summed E-state index contributed by atoms with van der Waals surface area (Å²) in [5.41, 5.74) is 0.652. The van der Waals surface area contributed by atoms with Crippen LogP contribution in [-0.4, -0.2) is 46.9 Å². The van der Waals surface area contributed by atoms with Gasteiger partial charge in [-0.1, -0.05) is 0 Å². The van der Waals surface area contributed by atoms with Crippen molar-refractivity contribution >= 4 is 17.8 Å². The van der Waals surface area contributed by atoms with Crippen molar-refractivity contribution in [2.45, 2.75) is 33.7 Å². The number of nitrogens with one attached hydrogen (secondary N) is 1. The van der Waals surface area contributed by atoms with E-state index in [-0.39, 0.29) is 24.8 Å². The number of aryl methyl sites for hydroxylation is 2. The van der Waals surface area contributed by atoms with Crippen LogP contribution in [0, 0.1) is 13.8 Å². The number of carbonyl (C=O) groups is 3. The van der Waals surface area contributed by atoms with E-state index < -0.39 is 17.9 Å². The molecule has 2 amide bonds. The molecule has 0 bridgehead atoms. The third-order valence-electron chi connectivity index (χ3n) is 3.05. The molecule has 116 valence electrons. The lowest BCUT2D eigenvalue weighted by Gasteiger charge is -2.26. The summed E-state index contributed by atoms with van der Waals surface area (Å²) in [5.74, 6) is -1.15. The zero-order chi connectivity index (χ0) is 16.2. The topological polar surface area (TPSA) is 99.9 Å². The normalized spacial score (nSPS) is 11.8. The molecule has 0 saturated carbocycles. The number of carboxylic acids is 1. The zero-order valence-corrected chi connectivity index (χ0v) is 12.6. The van der Waals surface area contributed by atoms with Crippen molar-refractivity contribution in [2.24, 2.45) is 0 Å². The number of hydrogen-bond donors (Lipinski definition) is 2. The summed E-state index contributed by atoms with van der Waals surface area (Å²) in [4.78, 5) is 35.7. The Morgan fingerprint density at radius 2 is 2.00 bits per heavy atom. The van der Waals surface area contributed by atoms with Crippen LogP contribution in [-0.2, 0) is 9.59 Å². The molecule has 1 atom stereocenters. The second-order valence-corrected chi connectivity index (χ2v) is 4.86. The SMILES string of the molecule is CC(=O)NCCN(C(=O)c1oc(C)cc1C)C(C)C(=O)O. The number of nitrogens with zero attached hydrogens (tertiary/aromatic N) is 1. The first-order valence-electron chi connectivity index (χ1n) is 6.59. The van der Waals surface area contributed by atoms with Crippen LogP contribution in [0.3, 0.4) is 0 Å². The van der Waals surface area contributed by atoms with Crippen LogP contribution in [0.2, 0.25) is 0 Å². The van der Waals surface area contributed by atoms with Crippen molar-refractivity contribution in [2.75, 3.05) is 13.1 Å². The number of carbonyl (C=O) groups excluding carboxylic acids is 2. The fourth-order valence-corrected chi connectivity index (χ4v) is 1.94. The molecule has 1 unspecified atom stereocenters. The van der Waals surface area contributed by atoms with E-state index in [4.69, 9.17) is 9.52 Å². The fraction of sp³-hybridized carbons (Fsp3) is 0.500. The number of amides is 2. The Bertz CT molecular complexity index is 550. The van der Waals surface area contributed by atoms with Crippen molar-refractivity contribution in [1.82, 2.24) is 10.2 Å². The first-order chi connectivity index (χ1) is 9.73. The van der Waals surface area contributed by atoms with E-state index >= 15 is 0 Å². The highest BCUT2D eigenvalue weighted by molar-refractivity contribution is 5.95. The summed E-state index contributed by atoms with van der Waals surface area (Å²) in [5, 5.41) is 11.7. The van der Waals surface area contributed by atoms with Crippen molar-refractivity contribution in [3.05, 3.63) is 23.2 Å². The minimum atomic E-state index is -1.12. The molecule has 1 aromatic heterocycles. The molecule has 0 radical (unpaired) electrons. The van der Waals surface area contributed by atoms with Gasteiger partial charge in [-0.3, -0.25) is 9.59 Å². The summed E-state index contributed by atoms with van der Waals surface area (Å²) in [7, 11) is 0. The second kappa shape index (κ2) is 6.92. The predicted molar refractivity (Wildman–Crippen MR) is 75.0 cm³/mol. The Hall–Kier alpha value is -2.31. The number of aliphatic carboxylic acids is 1. The molecule has 0 aliphatic heterocycles. The van der Waals surface area contributed by atoms with E-state index in [1.165, 1.54) is 18.7 Å². The van der Waals surface area contributed by atoms with Gasteiger partial charge in [0, 0.05) is 25.6 Å². The van der Waals surface area contributed by atoms with E-state index in [9.17, 15) is 14.4 Å². The lowest BCUT2D eigenvalue weighted by Crippen LogP contribution is -2.46. The fourth-order valence-electron chi connectivity index (χ4n) is 1.94. The van der Waals surface area contributed by atoms with E-state index in [1.54, 1.807) is 19.9 Å². The number of furan rings is 1. The van der Waals surface area contributed by atoms with Gasteiger partial charge in [0.1, 0.15) is 11.8 Å². The lowest BCUT2D eigenvalue weighted by molar-refractivity contribution is -0.141. The van der Waals surface area contributed by atoms with Crippen LogP contribution < -0.4 is 5.32 Å². The monoisotopic (exact) mass is 296 g/mol. The van der Waals surface area contributed by atoms with Gasteiger partial charge in [0.05, 0.1) is 0 Å². The van der Waals surface area contributed by atoms with E-state index in [2.05, 4.69) is 5.32 Å². The summed E-state index contributed by atoms with van der Waals surface area (Å²) in [6.45, 7) is 6.47. The number of hydrogen-bond acceptors (Lipinski definition) is 4. The Balaban J connectivity index is 2.94. The molecular formula is C14H20N2O5. The van der Waals surface area contributed by atoms with Crippen LogP contribution in [0.15, 0.2) is 10.5 Å². The number of rotatable bonds is 6. The molecule has 1 rings (SSSR count). The lowest BCUT2D eigenvalue weighted by atomic mass is 10.2. The van der Waals surface area contributed by atoms with Crippen LogP contribution in [0.1, 0.15) is 35.7 Å². The van der Waals surface area contributed by atoms with E-state index in [0.717, 1.165) is 0 Å². The maximum Gasteiger partial charge on any atom is 0.326 e. The minimum Gasteiger partial charge on any atom is -0.480 e. The molecule has 0 aromatic carbocycles. The largest absolute Gasteiger partial charge is 0.480 e. The van der Waals surface area contributed by atoms with Gasteiger partial charge in [0.2, 0.25) is 5.91 Å². The third-order valence-corrected chi connectivity index (χ3v) is 3.05. The van der Waals surface area contributed by atoms with Crippen molar-refractivity contribution in [3.63, 3.8) is 0 Å². The van der Waals surface area contributed by atoms with Crippen molar-refractivity contribution in [1.29, 1.82) is 0 Å². The van der Waals surface area contributed by atoms with Gasteiger partial charge in [0.15, 0.2) is 5.76 Å². The van der Waals surface area contributed by atoms with Crippen LogP contribution >= 0.6 is 0 Å². The molecule has 7 heteroatoms. The summed E-state index contributed by atoms with van der Waals surface area (Å²) in [6, 6.07) is 0.695. The second-order valence-electron chi connectivity index (χ2n) is 4.86. The van der Waals surface area contributed by atoms with Gasteiger partial charge in [-0.15, -0.1) is 0 Å². The molecule has 0 fully saturated rings. The Morgan fingerprint density at radius 3 is 2.43 bits per heavy atom. The highest BCUT2D eigenvalue weighted by Gasteiger charge is 2.29. The highest BCUT2D eigenvalue weighted by atomic mass is 16.4. The predicted octanol–water partition coefficient (Wildman–Crippen LogP) is 0.948. The molecule has 0 aliphatic carbocycles. The Labute approximate surface area is 122 Å². The van der Waals surface area contributed by atoms with Crippen LogP contribution in [0.25, 0.3) is 0 Å². The molecule has 7 nitrogen and oxygen atoms in total. The molecule has 2 N–H and O–H groups in total. The average Bonchev–Trinajstić information content (AvgIpc) is 2.72. The van der Waals surface area contributed by atoms with Gasteiger partial charge >= 0.3 is 5.97 Å². The minimum absolute atomic E-state index is 0.0884. The molecule has 0 aliphatic rings. The smallest absolute Gasteiger partial charge is 0.326 e. The van der Waals surface area contributed by atoms with Gasteiger partial charge in [-0.05, 0) is 26.8 Å². The Kier molecular flexibility index (Phi) is 5.52. The van der Waals surface area contributed by atoms with Gasteiger partial charge < -0.3 is 19.7 Å².